The largest absolute Gasteiger partial charge is 0.298 e. The highest BCUT2D eigenvalue weighted by Gasteiger charge is 2.35. The molecule has 0 radical (unpaired) electrons. The Hall–Kier alpha value is -2.12. The summed E-state index contributed by atoms with van der Waals surface area (Å²) in [6.45, 7) is 6.30. The molecule has 29 heavy (non-hydrogen) atoms. The average Bonchev–Trinajstić information content (AvgIpc) is 2.69. The van der Waals surface area contributed by atoms with Gasteiger partial charge in [-0.25, -0.2) is 5.01 Å². The first-order valence-electron chi connectivity index (χ1n) is 9.74. The minimum absolute atomic E-state index is 0.136. The summed E-state index contributed by atoms with van der Waals surface area (Å²) in [5, 5.41) is 11.8. The van der Waals surface area contributed by atoms with E-state index in [1.165, 1.54) is 0 Å². The van der Waals surface area contributed by atoms with Crippen molar-refractivity contribution in [1.29, 1.82) is 0 Å². The van der Waals surface area contributed by atoms with Gasteiger partial charge in [-0.2, -0.15) is 0 Å². The summed E-state index contributed by atoms with van der Waals surface area (Å²) in [6, 6.07) is 12.2. The Morgan fingerprint density at radius 3 is 2.83 bits per heavy atom. The van der Waals surface area contributed by atoms with E-state index in [2.05, 4.69) is 60.2 Å². The molecule has 0 saturated heterocycles. The van der Waals surface area contributed by atoms with E-state index in [1.807, 2.05) is 18.2 Å². The van der Waals surface area contributed by atoms with Crippen molar-refractivity contribution in [2.75, 3.05) is 5.75 Å². The molecule has 7 heteroatoms. The molecule has 1 amide bonds. The predicted octanol–water partition coefficient (Wildman–Crippen LogP) is 3.74. The zero-order valence-electron chi connectivity index (χ0n) is 16.7. The van der Waals surface area contributed by atoms with Gasteiger partial charge >= 0.3 is 0 Å². The molecule has 1 atom stereocenters. The number of hydrogen-bond acceptors (Lipinski definition) is 5. The lowest BCUT2D eigenvalue weighted by molar-refractivity contribution is -0.116. The van der Waals surface area contributed by atoms with Crippen molar-refractivity contribution in [2.24, 2.45) is 10.1 Å². The number of fused-ring (bicyclic) bond motifs is 2. The highest BCUT2D eigenvalue weighted by atomic mass is 79.9. The number of amides is 1. The molecule has 5 nitrogen and oxygen atoms in total. The van der Waals surface area contributed by atoms with Gasteiger partial charge in [0.25, 0.3) is 5.91 Å². The first-order valence-corrected chi connectivity index (χ1v) is 11.5. The first kappa shape index (κ1) is 20.2. The van der Waals surface area contributed by atoms with E-state index in [0.29, 0.717) is 10.9 Å². The number of nitrogens with zero attached hydrogens (tertiary/aromatic N) is 3. The van der Waals surface area contributed by atoms with Gasteiger partial charge in [0.2, 0.25) is 0 Å². The van der Waals surface area contributed by atoms with Crippen LogP contribution in [0.2, 0.25) is 0 Å². The van der Waals surface area contributed by atoms with Crippen LogP contribution < -0.4 is 15.9 Å². The number of carbonyl (C=O) groups is 1. The highest BCUT2D eigenvalue weighted by molar-refractivity contribution is 9.10. The number of unbranched alkanes of at least 4 members (excludes halogenated alkanes) is 1. The summed E-state index contributed by atoms with van der Waals surface area (Å²) in [7, 11) is 0. The molecule has 0 fully saturated rings. The maximum absolute atomic E-state index is 13.1. The number of hydrazone groups is 1. The second kappa shape index (κ2) is 8.32. The van der Waals surface area contributed by atoms with E-state index in [-0.39, 0.29) is 12.1 Å². The van der Waals surface area contributed by atoms with E-state index in [1.54, 1.807) is 16.8 Å². The standard InChI is InChI=1S/C22H23BrN4OS/c1-4-5-10-29-22-25-21(28)19-17-12-15(23)8-9-18(17)24-20(27(19)26-22)16-11-13(2)6-7-14(16)3/h6-9,11-12,20H,4-5,10H2,1-3H3,(H,25,26,28)/t20-/m1/s1. The summed E-state index contributed by atoms with van der Waals surface area (Å²) >= 11 is 5.10. The Labute approximate surface area is 183 Å². The lowest BCUT2D eigenvalue weighted by Gasteiger charge is -2.34. The number of aryl methyl sites for hydroxylation is 2. The second-order valence-corrected chi connectivity index (χ2v) is 9.28. The lowest BCUT2D eigenvalue weighted by Crippen LogP contribution is -2.50. The Balaban J connectivity index is 1.90. The van der Waals surface area contributed by atoms with Crippen LogP contribution in [0, 0.1) is 13.8 Å². The Morgan fingerprint density at radius 2 is 2.03 bits per heavy atom. The molecule has 2 aliphatic heterocycles. The van der Waals surface area contributed by atoms with Gasteiger partial charge in [-0.3, -0.25) is 15.1 Å². The average molecular weight is 471 g/mol. The monoisotopic (exact) mass is 470 g/mol. The van der Waals surface area contributed by atoms with Gasteiger partial charge in [0.1, 0.15) is 5.70 Å². The van der Waals surface area contributed by atoms with Crippen molar-refractivity contribution < 1.29 is 4.79 Å². The molecule has 4 rings (SSSR count). The van der Waals surface area contributed by atoms with E-state index < -0.39 is 0 Å². The van der Waals surface area contributed by atoms with E-state index in [4.69, 9.17) is 10.1 Å². The van der Waals surface area contributed by atoms with Crippen molar-refractivity contribution in [3.8, 4) is 0 Å². The quantitative estimate of drug-likeness (QED) is 0.692. The molecule has 0 saturated carbocycles. The van der Waals surface area contributed by atoms with Gasteiger partial charge < -0.3 is 0 Å². The fraction of sp³-hybridized carbons (Fsp3) is 0.318. The topological polar surface area (TPSA) is 57.1 Å². The van der Waals surface area contributed by atoms with Crippen LogP contribution in [0.5, 0.6) is 0 Å². The van der Waals surface area contributed by atoms with Crippen molar-refractivity contribution in [3.63, 3.8) is 0 Å². The number of benzene rings is 2. The third-order valence-corrected chi connectivity index (χ3v) is 6.46. The minimum atomic E-state index is -0.369. The zero-order chi connectivity index (χ0) is 20.5. The Morgan fingerprint density at radius 1 is 1.21 bits per heavy atom. The Kier molecular flexibility index (Phi) is 5.79. The van der Waals surface area contributed by atoms with Crippen LogP contribution in [-0.4, -0.2) is 21.8 Å². The maximum atomic E-state index is 13.1. The van der Waals surface area contributed by atoms with Crippen molar-refractivity contribution in [3.05, 3.63) is 68.1 Å². The molecule has 0 aliphatic carbocycles. The molecule has 2 aromatic rings. The smallest absolute Gasteiger partial charge is 0.276 e. The number of halogens is 1. The number of nitrogens with one attached hydrogen (secondary N) is 1. The third kappa shape index (κ3) is 3.98. The van der Waals surface area contributed by atoms with E-state index >= 15 is 0 Å². The van der Waals surface area contributed by atoms with Gasteiger partial charge in [0.05, 0.1) is 5.36 Å². The van der Waals surface area contributed by atoms with Gasteiger partial charge in [0, 0.05) is 21.0 Å². The van der Waals surface area contributed by atoms with Crippen LogP contribution in [0.15, 0.2) is 51.0 Å². The fourth-order valence-corrected chi connectivity index (χ4v) is 4.77. The predicted molar refractivity (Wildman–Crippen MR) is 122 cm³/mol. The molecule has 1 N–H and O–H groups in total. The molecule has 2 heterocycles. The minimum Gasteiger partial charge on any atom is -0.298 e. The van der Waals surface area contributed by atoms with Gasteiger partial charge in [0.15, 0.2) is 11.3 Å². The van der Waals surface area contributed by atoms with Crippen LogP contribution in [0.3, 0.4) is 0 Å². The maximum Gasteiger partial charge on any atom is 0.276 e. The van der Waals surface area contributed by atoms with Crippen molar-refractivity contribution in [2.45, 2.75) is 39.8 Å². The molecule has 0 spiro atoms. The molecule has 0 unspecified atom stereocenters. The molecular formula is C22H23BrN4OS. The van der Waals surface area contributed by atoms with Crippen LogP contribution in [0.1, 0.15) is 42.6 Å². The molecule has 2 aliphatic rings. The van der Waals surface area contributed by atoms with Crippen molar-refractivity contribution >= 4 is 44.5 Å². The number of amidine groups is 1. The summed E-state index contributed by atoms with van der Waals surface area (Å²) in [4.78, 5) is 18.1. The summed E-state index contributed by atoms with van der Waals surface area (Å²) in [5.74, 6) is 0.787. The zero-order valence-corrected chi connectivity index (χ0v) is 19.1. The second-order valence-electron chi connectivity index (χ2n) is 7.28. The summed E-state index contributed by atoms with van der Waals surface area (Å²) in [6.07, 6.45) is 1.82. The molecule has 150 valence electrons. The van der Waals surface area contributed by atoms with Crippen LogP contribution >= 0.6 is 27.7 Å². The van der Waals surface area contributed by atoms with Gasteiger partial charge in [-0.05, 0) is 44.0 Å². The lowest BCUT2D eigenvalue weighted by atomic mass is 10.0. The van der Waals surface area contributed by atoms with Gasteiger partial charge in [-0.1, -0.05) is 64.8 Å². The van der Waals surface area contributed by atoms with Crippen molar-refractivity contribution in [1.82, 2.24) is 10.3 Å². The SMILES string of the molecule is CCCCSC1=NN2C(=c3cc(Br)ccc3=N[C@H]2c2cc(C)ccc2C)C(=O)N1. The highest BCUT2D eigenvalue weighted by Crippen LogP contribution is 2.33. The first-order chi connectivity index (χ1) is 14.0. The summed E-state index contributed by atoms with van der Waals surface area (Å²) < 4.78 is 0.906. The van der Waals surface area contributed by atoms with E-state index in [9.17, 15) is 4.79 Å². The van der Waals surface area contributed by atoms with Gasteiger partial charge in [-0.15, -0.1) is 5.10 Å². The molecule has 0 bridgehead atoms. The number of rotatable bonds is 4. The number of hydrogen-bond donors (Lipinski definition) is 1. The fourth-order valence-electron chi connectivity index (χ4n) is 3.47. The summed E-state index contributed by atoms with van der Waals surface area (Å²) in [5.41, 5.74) is 3.90. The molecular weight excluding hydrogens is 448 g/mol. The van der Waals surface area contributed by atoms with Crippen LogP contribution in [-0.2, 0) is 4.79 Å². The Bertz CT molecular complexity index is 1130. The molecule has 0 aromatic heterocycles. The van der Waals surface area contributed by atoms with Crippen LogP contribution in [0.25, 0.3) is 5.70 Å². The number of carbonyl (C=O) groups excluding carboxylic acids is 1. The van der Waals surface area contributed by atoms with Crippen LogP contribution in [0.4, 0.5) is 0 Å². The molecule has 2 aromatic carbocycles. The van der Waals surface area contributed by atoms with E-state index in [0.717, 1.165) is 50.3 Å². The number of thioether (sulfide) groups is 1. The normalized spacial score (nSPS) is 17.9. The third-order valence-electron chi connectivity index (χ3n) is 5.02.